The first kappa shape index (κ1) is 13.1. The lowest BCUT2D eigenvalue weighted by Gasteiger charge is -2.26. The number of aromatic nitrogens is 1. The maximum absolute atomic E-state index is 13.4. The van der Waals surface area contributed by atoms with E-state index in [1.165, 1.54) is 12.1 Å². The molecule has 2 aromatic rings. The van der Waals surface area contributed by atoms with Crippen molar-refractivity contribution in [1.82, 2.24) is 10.3 Å². The summed E-state index contributed by atoms with van der Waals surface area (Å²) in [6, 6.07) is 7.94. The molecule has 3 nitrogen and oxygen atoms in total. The molecule has 1 aliphatic rings. The summed E-state index contributed by atoms with van der Waals surface area (Å²) in [6.45, 7) is 0. The molecule has 5 heteroatoms. The molecule has 0 fully saturated rings. The highest BCUT2D eigenvalue weighted by atomic mass is 32.2. The third-order valence-corrected chi connectivity index (χ3v) is 4.38. The number of carbonyl (C=O) groups excluding carboxylic acids is 1. The molecule has 1 aliphatic heterocycles. The zero-order chi connectivity index (χ0) is 13.9. The number of halogens is 1. The number of fused-ring (bicyclic) bond motifs is 1. The van der Waals surface area contributed by atoms with Crippen LogP contribution in [0.4, 0.5) is 4.39 Å². The average Bonchev–Trinajstić information content (AvgIpc) is 2.49. The van der Waals surface area contributed by atoms with E-state index in [0.717, 1.165) is 22.6 Å². The SMILES string of the molecule is O=C(NC1CCSc2ccc(F)cc21)c1ccncc1. The quantitative estimate of drug-likeness (QED) is 0.922. The van der Waals surface area contributed by atoms with Crippen molar-refractivity contribution in [3.8, 4) is 0 Å². The Bertz CT molecular complexity index is 633. The van der Waals surface area contributed by atoms with Gasteiger partial charge in [0.1, 0.15) is 5.82 Å². The average molecular weight is 288 g/mol. The van der Waals surface area contributed by atoms with Crippen LogP contribution in [0, 0.1) is 5.82 Å². The van der Waals surface area contributed by atoms with E-state index in [2.05, 4.69) is 10.3 Å². The van der Waals surface area contributed by atoms with Gasteiger partial charge in [0.15, 0.2) is 0 Å². The van der Waals surface area contributed by atoms with Gasteiger partial charge >= 0.3 is 0 Å². The molecule has 1 aromatic carbocycles. The normalized spacial score (nSPS) is 17.4. The molecular formula is C15H13FN2OS. The Morgan fingerprint density at radius 2 is 2.10 bits per heavy atom. The number of pyridine rings is 1. The van der Waals surface area contributed by atoms with E-state index in [1.807, 2.05) is 0 Å². The lowest BCUT2D eigenvalue weighted by molar-refractivity contribution is 0.0934. The number of nitrogens with one attached hydrogen (secondary N) is 1. The highest BCUT2D eigenvalue weighted by molar-refractivity contribution is 7.99. The third kappa shape index (κ3) is 2.67. The topological polar surface area (TPSA) is 42.0 Å². The number of amides is 1. The van der Waals surface area contributed by atoms with Crippen LogP contribution < -0.4 is 5.32 Å². The standard InChI is InChI=1S/C15H13FN2OS/c16-11-1-2-14-12(9-11)13(5-8-20-14)18-15(19)10-3-6-17-7-4-10/h1-4,6-7,9,13H,5,8H2,(H,18,19). The Morgan fingerprint density at radius 1 is 1.30 bits per heavy atom. The number of hydrogen-bond acceptors (Lipinski definition) is 3. The van der Waals surface area contributed by atoms with Gasteiger partial charge in [0.25, 0.3) is 5.91 Å². The minimum absolute atomic E-state index is 0.136. The zero-order valence-corrected chi connectivity index (χ0v) is 11.5. The molecule has 0 saturated carbocycles. The van der Waals surface area contributed by atoms with E-state index in [-0.39, 0.29) is 17.8 Å². The Hall–Kier alpha value is -1.88. The fourth-order valence-electron chi connectivity index (χ4n) is 2.26. The Balaban J connectivity index is 1.83. The Labute approximate surface area is 120 Å². The first-order valence-electron chi connectivity index (χ1n) is 6.37. The van der Waals surface area contributed by atoms with Crippen LogP contribution in [0.2, 0.25) is 0 Å². The second-order valence-corrected chi connectivity index (χ2v) is 5.72. The largest absolute Gasteiger partial charge is 0.345 e. The molecule has 0 bridgehead atoms. The minimum atomic E-state index is -0.269. The van der Waals surface area contributed by atoms with Crippen molar-refractivity contribution in [2.75, 3.05) is 5.75 Å². The number of nitrogens with zero attached hydrogens (tertiary/aromatic N) is 1. The van der Waals surface area contributed by atoms with Gasteiger partial charge in [0.2, 0.25) is 0 Å². The van der Waals surface area contributed by atoms with Crippen LogP contribution in [0.5, 0.6) is 0 Å². The number of rotatable bonds is 2. The Morgan fingerprint density at radius 3 is 2.90 bits per heavy atom. The van der Waals surface area contributed by atoms with Crippen LogP contribution in [-0.2, 0) is 0 Å². The Kier molecular flexibility index (Phi) is 3.69. The number of thioether (sulfide) groups is 1. The van der Waals surface area contributed by atoms with Gasteiger partial charge in [-0.2, -0.15) is 0 Å². The first-order valence-corrected chi connectivity index (χ1v) is 7.36. The van der Waals surface area contributed by atoms with E-state index in [0.29, 0.717) is 5.56 Å². The second kappa shape index (κ2) is 5.63. The monoisotopic (exact) mass is 288 g/mol. The van der Waals surface area contributed by atoms with Crippen molar-refractivity contribution in [2.45, 2.75) is 17.4 Å². The molecule has 1 atom stereocenters. The molecular weight excluding hydrogens is 275 g/mol. The van der Waals surface area contributed by atoms with Gasteiger partial charge in [-0.25, -0.2) is 4.39 Å². The van der Waals surface area contributed by atoms with Gasteiger partial charge in [-0.3, -0.25) is 9.78 Å². The van der Waals surface area contributed by atoms with E-state index in [4.69, 9.17) is 0 Å². The van der Waals surface area contributed by atoms with Crippen molar-refractivity contribution in [3.05, 3.63) is 59.7 Å². The summed E-state index contributed by atoms with van der Waals surface area (Å²) in [5.41, 5.74) is 1.43. The fourth-order valence-corrected chi connectivity index (χ4v) is 3.37. The number of benzene rings is 1. The molecule has 20 heavy (non-hydrogen) atoms. The molecule has 1 unspecified atom stereocenters. The molecule has 0 aliphatic carbocycles. The molecule has 2 heterocycles. The van der Waals surface area contributed by atoms with Gasteiger partial charge in [0, 0.05) is 28.6 Å². The molecule has 1 aromatic heterocycles. The van der Waals surface area contributed by atoms with Crippen LogP contribution in [0.25, 0.3) is 0 Å². The predicted octanol–water partition coefficient (Wildman–Crippen LogP) is 3.19. The predicted molar refractivity (Wildman–Crippen MR) is 76.2 cm³/mol. The van der Waals surface area contributed by atoms with E-state index in [9.17, 15) is 9.18 Å². The van der Waals surface area contributed by atoms with Crippen molar-refractivity contribution in [1.29, 1.82) is 0 Å². The molecule has 0 radical (unpaired) electrons. The maximum atomic E-state index is 13.4. The number of hydrogen-bond donors (Lipinski definition) is 1. The molecule has 1 N–H and O–H groups in total. The van der Waals surface area contributed by atoms with Crippen molar-refractivity contribution in [2.24, 2.45) is 0 Å². The van der Waals surface area contributed by atoms with Gasteiger partial charge in [0.05, 0.1) is 6.04 Å². The van der Waals surface area contributed by atoms with Crippen molar-refractivity contribution in [3.63, 3.8) is 0 Å². The summed E-state index contributed by atoms with van der Waals surface area (Å²) in [4.78, 5) is 17.1. The van der Waals surface area contributed by atoms with E-state index < -0.39 is 0 Å². The molecule has 3 rings (SSSR count). The number of carbonyl (C=O) groups is 1. The van der Waals surface area contributed by atoms with Crippen LogP contribution in [-0.4, -0.2) is 16.6 Å². The summed E-state index contributed by atoms with van der Waals surface area (Å²) in [7, 11) is 0. The van der Waals surface area contributed by atoms with Gasteiger partial charge < -0.3 is 5.32 Å². The van der Waals surface area contributed by atoms with Crippen LogP contribution >= 0.6 is 11.8 Å². The van der Waals surface area contributed by atoms with E-state index in [1.54, 1.807) is 42.4 Å². The third-order valence-electron chi connectivity index (χ3n) is 3.26. The summed E-state index contributed by atoms with van der Waals surface area (Å²) in [5, 5.41) is 2.97. The smallest absolute Gasteiger partial charge is 0.251 e. The fraction of sp³-hybridized carbons (Fsp3) is 0.200. The summed E-state index contributed by atoms with van der Waals surface area (Å²) in [6.07, 6.45) is 3.97. The highest BCUT2D eigenvalue weighted by Crippen LogP contribution is 2.36. The summed E-state index contributed by atoms with van der Waals surface area (Å²) in [5.74, 6) is 0.494. The molecule has 0 spiro atoms. The van der Waals surface area contributed by atoms with Crippen molar-refractivity contribution >= 4 is 17.7 Å². The van der Waals surface area contributed by atoms with Crippen LogP contribution in [0.1, 0.15) is 28.4 Å². The second-order valence-electron chi connectivity index (χ2n) is 4.58. The summed E-state index contributed by atoms with van der Waals surface area (Å²) < 4.78 is 13.4. The first-order chi connectivity index (χ1) is 9.74. The van der Waals surface area contributed by atoms with Gasteiger partial charge in [-0.05, 0) is 42.3 Å². The molecule has 1 amide bonds. The lowest BCUT2D eigenvalue weighted by Crippen LogP contribution is -2.30. The van der Waals surface area contributed by atoms with Gasteiger partial charge in [-0.15, -0.1) is 11.8 Å². The lowest BCUT2D eigenvalue weighted by atomic mass is 10.0. The highest BCUT2D eigenvalue weighted by Gasteiger charge is 2.23. The van der Waals surface area contributed by atoms with Crippen molar-refractivity contribution < 1.29 is 9.18 Å². The minimum Gasteiger partial charge on any atom is -0.345 e. The van der Waals surface area contributed by atoms with Crippen LogP contribution in [0.3, 0.4) is 0 Å². The summed E-state index contributed by atoms with van der Waals surface area (Å²) >= 11 is 1.70. The van der Waals surface area contributed by atoms with Crippen LogP contribution in [0.15, 0.2) is 47.6 Å². The van der Waals surface area contributed by atoms with Gasteiger partial charge in [-0.1, -0.05) is 0 Å². The molecule has 0 saturated heterocycles. The zero-order valence-electron chi connectivity index (χ0n) is 10.7. The van der Waals surface area contributed by atoms with E-state index >= 15 is 0 Å². The maximum Gasteiger partial charge on any atom is 0.251 e. The molecule has 102 valence electrons.